The maximum Gasteiger partial charge on any atom is 0.0652 e. The Morgan fingerprint density at radius 2 is 2.18 bits per heavy atom. The summed E-state index contributed by atoms with van der Waals surface area (Å²) >= 11 is 0. The molecule has 1 N–H and O–H groups in total. The second-order valence-corrected chi connectivity index (χ2v) is 3.75. The minimum atomic E-state index is 0.0666. The lowest BCUT2D eigenvalue weighted by Crippen LogP contribution is -2.18. The van der Waals surface area contributed by atoms with Gasteiger partial charge in [0.2, 0.25) is 0 Å². The average Bonchev–Trinajstić information content (AvgIpc) is 1.86. The van der Waals surface area contributed by atoms with E-state index in [2.05, 4.69) is 32.9 Å². The number of rotatable bonds is 1. The summed E-state index contributed by atoms with van der Waals surface area (Å²) in [5.74, 6) is 0. The lowest BCUT2D eigenvalue weighted by Gasteiger charge is -2.28. The van der Waals surface area contributed by atoms with Gasteiger partial charge in [0.15, 0.2) is 0 Å². The summed E-state index contributed by atoms with van der Waals surface area (Å²) in [4.78, 5) is 0. The van der Waals surface area contributed by atoms with Crippen LogP contribution in [0.4, 0.5) is 0 Å². The summed E-state index contributed by atoms with van der Waals surface area (Å²) in [6, 6.07) is 0. The van der Waals surface area contributed by atoms with E-state index in [0.29, 0.717) is 0 Å². The fourth-order valence-corrected chi connectivity index (χ4v) is 1.64. The maximum atomic E-state index is 9.11. The van der Waals surface area contributed by atoms with E-state index in [1.54, 1.807) is 0 Å². The highest BCUT2D eigenvalue weighted by Crippen LogP contribution is 2.34. The van der Waals surface area contributed by atoms with E-state index >= 15 is 0 Å². The molecule has 1 heteroatoms. The Morgan fingerprint density at radius 3 is 2.55 bits per heavy atom. The average molecular weight is 152 g/mol. The van der Waals surface area contributed by atoms with Gasteiger partial charge in [-0.2, -0.15) is 0 Å². The summed E-state index contributed by atoms with van der Waals surface area (Å²) in [5, 5.41) is 9.11. The van der Waals surface area contributed by atoms with Crippen LogP contribution in [-0.2, 0) is 0 Å². The molecule has 0 atom stereocenters. The molecule has 1 aliphatic carbocycles. The SMILES string of the molecule is CC1=C(CO)C(C)(C)C=CC1. The number of hydrogen-bond donors (Lipinski definition) is 1. The van der Waals surface area contributed by atoms with Gasteiger partial charge in [-0.05, 0) is 18.9 Å². The van der Waals surface area contributed by atoms with Gasteiger partial charge in [-0.15, -0.1) is 0 Å². The minimum Gasteiger partial charge on any atom is -0.392 e. The van der Waals surface area contributed by atoms with Crippen LogP contribution in [0.15, 0.2) is 23.3 Å². The Morgan fingerprint density at radius 1 is 1.55 bits per heavy atom. The lowest BCUT2D eigenvalue weighted by atomic mass is 9.78. The van der Waals surface area contributed by atoms with E-state index < -0.39 is 0 Å². The van der Waals surface area contributed by atoms with E-state index in [0.717, 1.165) is 6.42 Å². The summed E-state index contributed by atoms with van der Waals surface area (Å²) in [6.45, 7) is 6.56. The molecule has 1 rings (SSSR count). The zero-order valence-electron chi connectivity index (χ0n) is 7.52. The van der Waals surface area contributed by atoms with Gasteiger partial charge in [-0.25, -0.2) is 0 Å². The first-order chi connectivity index (χ1) is 5.08. The normalized spacial score (nSPS) is 22.5. The van der Waals surface area contributed by atoms with Crippen molar-refractivity contribution in [2.75, 3.05) is 6.61 Å². The van der Waals surface area contributed by atoms with Gasteiger partial charge in [-0.3, -0.25) is 0 Å². The monoisotopic (exact) mass is 152 g/mol. The predicted octanol–water partition coefficient (Wildman–Crippen LogP) is 2.28. The first-order valence-electron chi connectivity index (χ1n) is 4.05. The fourth-order valence-electron chi connectivity index (χ4n) is 1.64. The van der Waals surface area contributed by atoms with Crippen LogP contribution in [0.3, 0.4) is 0 Å². The second kappa shape index (κ2) is 2.82. The van der Waals surface area contributed by atoms with E-state index in [1.165, 1.54) is 11.1 Å². The van der Waals surface area contributed by atoms with Gasteiger partial charge in [0, 0.05) is 5.41 Å². The Labute approximate surface area is 68.4 Å². The smallest absolute Gasteiger partial charge is 0.0652 e. The molecule has 0 bridgehead atoms. The maximum absolute atomic E-state index is 9.11. The molecule has 0 aliphatic heterocycles. The molecule has 11 heavy (non-hydrogen) atoms. The molecule has 0 spiro atoms. The first-order valence-corrected chi connectivity index (χ1v) is 4.05. The Hall–Kier alpha value is -0.560. The molecule has 0 aromatic heterocycles. The minimum absolute atomic E-state index is 0.0666. The van der Waals surface area contributed by atoms with Crippen molar-refractivity contribution in [1.29, 1.82) is 0 Å². The molecule has 0 radical (unpaired) electrons. The summed E-state index contributed by atoms with van der Waals surface area (Å²) in [6.07, 6.45) is 5.35. The van der Waals surface area contributed by atoms with Gasteiger partial charge in [0.1, 0.15) is 0 Å². The molecule has 0 saturated heterocycles. The van der Waals surface area contributed by atoms with Crippen LogP contribution in [0.25, 0.3) is 0 Å². The molecule has 0 saturated carbocycles. The standard InChI is InChI=1S/C10H16O/c1-8-5-4-6-10(2,3)9(8)7-11/h4,6,11H,5,7H2,1-3H3. The molecule has 1 aliphatic rings. The van der Waals surface area contributed by atoms with Gasteiger partial charge >= 0.3 is 0 Å². The highest BCUT2D eigenvalue weighted by atomic mass is 16.3. The highest BCUT2D eigenvalue weighted by molar-refractivity contribution is 5.30. The van der Waals surface area contributed by atoms with E-state index in [9.17, 15) is 0 Å². The van der Waals surface area contributed by atoms with Gasteiger partial charge < -0.3 is 5.11 Å². The van der Waals surface area contributed by atoms with Crippen molar-refractivity contribution in [3.8, 4) is 0 Å². The van der Waals surface area contributed by atoms with Crippen LogP contribution in [0, 0.1) is 5.41 Å². The summed E-state index contributed by atoms with van der Waals surface area (Å²) in [5.41, 5.74) is 2.57. The molecule has 62 valence electrons. The van der Waals surface area contributed by atoms with Crippen LogP contribution in [0.1, 0.15) is 27.2 Å². The second-order valence-electron chi connectivity index (χ2n) is 3.75. The van der Waals surface area contributed by atoms with Crippen molar-refractivity contribution in [3.63, 3.8) is 0 Å². The molecule has 0 fully saturated rings. The molecular weight excluding hydrogens is 136 g/mol. The van der Waals surface area contributed by atoms with E-state index in [-0.39, 0.29) is 12.0 Å². The Kier molecular flexibility index (Phi) is 2.19. The van der Waals surface area contributed by atoms with E-state index in [4.69, 9.17) is 5.11 Å². The third-order valence-corrected chi connectivity index (χ3v) is 2.41. The van der Waals surface area contributed by atoms with E-state index in [1.807, 2.05) is 0 Å². The third kappa shape index (κ3) is 1.54. The highest BCUT2D eigenvalue weighted by Gasteiger charge is 2.23. The third-order valence-electron chi connectivity index (χ3n) is 2.41. The van der Waals surface area contributed by atoms with Crippen molar-refractivity contribution in [3.05, 3.63) is 23.3 Å². The lowest BCUT2D eigenvalue weighted by molar-refractivity contribution is 0.301. The zero-order chi connectivity index (χ0) is 8.48. The number of aliphatic hydroxyl groups is 1. The number of aliphatic hydroxyl groups excluding tert-OH is 1. The van der Waals surface area contributed by atoms with Crippen LogP contribution in [0.5, 0.6) is 0 Å². The van der Waals surface area contributed by atoms with Crippen molar-refractivity contribution in [2.24, 2.45) is 5.41 Å². The van der Waals surface area contributed by atoms with Gasteiger partial charge in [-0.1, -0.05) is 31.6 Å². The largest absolute Gasteiger partial charge is 0.392 e. The predicted molar refractivity (Wildman–Crippen MR) is 47.3 cm³/mol. The number of allylic oxidation sites excluding steroid dienone is 3. The zero-order valence-corrected chi connectivity index (χ0v) is 7.52. The van der Waals surface area contributed by atoms with Crippen molar-refractivity contribution in [1.82, 2.24) is 0 Å². The molecule has 0 aromatic carbocycles. The molecule has 1 nitrogen and oxygen atoms in total. The van der Waals surface area contributed by atoms with Crippen LogP contribution in [0.2, 0.25) is 0 Å². The molecule has 0 unspecified atom stereocenters. The topological polar surface area (TPSA) is 20.2 Å². The van der Waals surface area contributed by atoms with Gasteiger partial charge in [0.05, 0.1) is 6.61 Å². The summed E-state index contributed by atoms with van der Waals surface area (Å²) < 4.78 is 0. The molecule has 0 amide bonds. The molecule has 0 heterocycles. The number of hydrogen-bond acceptors (Lipinski definition) is 1. The van der Waals surface area contributed by atoms with Crippen LogP contribution >= 0.6 is 0 Å². The first kappa shape index (κ1) is 8.54. The van der Waals surface area contributed by atoms with Crippen molar-refractivity contribution < 1.29 is 5.11 Å². The molecule has 0 aromatic rings. The Balaban J connectivity index is 2.97. The van der Waals surface area contributed by atoms with Crippen LogP contribution < -0.4 is 0 Å². The summed E-state index contributed by atoms with van der Waals surface area (Å²) in [7, 11) is 0. The van der Waals surface area contributed by atoms with Crippen LogP contribution in [-0.4, -0.2) is 11.7 Å². The van der Waals surface area contributed by atoms with Gasteiger partial charge in [0.25, 0.3) is 0 Å². The fraction of sp³-hybridized carbons (Fsp3) is 0.600. The molecular formula is C10H16O. The Bertz CT molecular complexity index is 209. The van der Waals surface area contributed by atoms with Crippen molar-refractivity contribution >= 4 is 0 Å². The quantitative estimate of drug-likeness (QED) is 0.571. The van der Waals surface area contributed by atoms with Crippen molar-refractivity contribution in [2.45, 2.75) is 27.2 Å².